The normalized spacial score (nSPS) is 17.4. The fraction of sp³-hybridized carbons (Fsp3) is 0.500. The number of carboxylic acid groups (broad SMARTS) is 1. The molecule has 5 nitrogen and oxygen atoms in total. The fourth-order valence-electron chi connectivity index (χ4n) is 2.55. The van der Waals surface area contributed by atoms with Gasteiger partial charge in [-0.1, -0.05) is 28.1 Å². The van der Waals surface area contributed by atoms with Gasteiger partial charge in [-0.2, -0.15) is 0 Å². The molecule has 1 fully saturated rings. The third kappa shape index (κ3) is 5.42. The van der Waals surface area contributed by atoms with Crippen LogP contribution in [0.3, 0.4) is 0 Å². The number of halogens is 1. The molecule has 6 heteroatoms. The summed E-state index contributed by atoms with van der Waals surface area (Å²) in [4.78, 5) is 24.7. The molecule has 22 heavy (non-hydrogen) atoms. The molecule has 2 rings (SSSR count). The molecule has 0 radical (unpaired) electrons. The molecule has 0 aromatic heterocycles. The van der Waals surface area contributed by atoms with E-state index in [0.717, 1.165) is 29.5 Å². The minimum absolute atomic E-state index is 0.116. The Morgan fingerprint density at radius 3 is 2.86 bits per heavy atom. The Morgan fingerprint density at radius 2 is 2.23 bits per heavy atom. The van der Waals surface area contributed by atoms with E-state index in [4.69, 9.17) is 9.84 Å². The van der Waals surface area contributed by atoms with Crippen molar-refractivity contribution in [3.8, 4) is 0 Å². The second kappa shape index (κ2) is 8.29. The summed E-state index contributed by atoms with van der Waals surface area (Å²) in [6, 6.07) is 7.55. The molecule has 1 N–H and O–H groups in total. The summed E-state index contributed by atoms with van der Waals surface area (Å²) < 4.78 is 6.21. The van der Waals surface area contributed by atoms with Crippen LogP contribution in [0.25, 0.3) is 0 Å². The number of aliphatic carboxylic acids is 1. The molecule has 0 saturated carbocycles. The summed E-state index contributed by atoms with van der Waals surface area (Å²) in [5.74, 6) is -0.691. The van der Waals surface area contributed by atoms with Gasteiger partial charge in [0, 0.05) is 30.7 Å². The van der Waals surface area contributed by atoms with E-state index in [0.29, 0.717) is 25.5 Å². The molecule has 1 saturated heterocycles. The lowest BCUT2D eigenvalue weighted by molar-refractivity contribution is -0.145. The van der Waals surface area contributed by atoms with Crippen molar-refractivity contribution < 1.29 is 19.4 Å². The third-order valence-corrected chi connectivity index (χ3v) is 4.22. The fourth-order valence-corrected chi connectivity index (χ4v) is 2.99. The van der Waals surface area contributed by atoms with Crippen molar-refractivity contribution in [2.45, 2.75) is 25.8 Å². The second-order valence-corrected chi connectivity index (χ2v) is 6.46. The first-order valence-corrected chi connectivity index (χ1v) is 8.15. The molecular formula is C16H20BrNO4. The Labute approximate surface area is 138 Å². The van der Waals surface area contributed by atoms with Gasteiger partial charge in [0.2, 0.25) is 5.91 Å². The maximum absolute atomic E-state index is 12.3. The quantitative estimate of drug-likeness (QED) is 0.802. The molecule has 1 atom stereocenters. The van der Waals surface area contributed by atoms with E-state index in [1.165, 1.54) is 4.90 Å². The predicted octanol–water partition coefficient (Wildman–Crippen LogP) is 2.68. The lowest BCUT2D eigenvalue weighted by Gasteiger charge is -2.21. The van der Waals surface area contributed by atoms with Crippen molar-refractivity contribution in [1.29, 1.82) is 0 Å². The Kier molecular flexibility index (Phi) is 6.39. The monoisotopic (exact) mass is 369 g/mol. The van der Waals surface area contributed by atoms with Crippen LogP contribution in [0.1, 0.15) is 24.8 Å². The summed E-state index contributed by atoms with van der Waals surface area (Å²) >= 11 is 3.38. The molecule has 120 valence electrons. The third-order valence-electron chi connectivity index (χ3n) is 3.73. The number of benzene rings is 1. The van der Waals surface area contributed by atoms with E-state index in [-0.39, 0.29) is 12.5 Å². The number of carbonyl (C=O) groups is 2. The van der Waals surface area contributed by atoms with Crippen LogP contribution in [0.15, 0.2) is 28.7 Å². The standard InChI is InChI=1S/C16H20BrNO4/c17-14-3-1-2-13(8-14)9-18(10-16(20)21)15(19)5-4-12-6-7-22-11-12/h1-3,8,12H,4-7,9-11H2,(H,20,21). The SMILES string of the molecule is O=C(O)CN(Cc1cccc(Br)c1)C(=O)CCC1CCOC1. The number of hydrogen-bond acceptors (Lipinski definition) is 3. The van der Waals surface area contributed by atoms with E-state index in [9.17, 15) is 9.59 Å². The van der Waals surface area contributed by atoms with Crippen LogP contribution in [0.5, 0.6) is 0 Å². The number of hydrogen-bond donors (Lipinski definition) is 1. The van der Waals surface area contributed by atoms with Crippen molar-refractivity contribution in [3.63, 3.8) is 0 Å². The lowest BCUT2D eigenvalue weighted by Crippen LogP contribution is -2.35. The first-order chi connectivity index (χ1) is 10.5. The van der Waals surface area contributed by atoms with Gasteiger partial charge in [0.15, 0.2) is 0 Å². The summed E-state index contributed by atoms with van der Waals surface area (Å²) in [7, 11) is 0. The van der Waals surface area contributed by atoms with Crippen molar-refractivity contribution >= 4 is 27.8 Å². The molecule has 1 heterocycles. The summed E-state index contributed by atoms with van der Waals surface area (Å²) in [6.45, 7) is 1.51. The molecule has 1 amide bonds. The molecular weight excluding hydrogens is 350 g/mol. The van der Waals surface area contributed by atoms with Gasteiger partial charge in [-0.3, -0.25) is 9.59 Å². The van der Waals surface area contributed by atoms with Crippen LogP contribution >= 0.6 is 15.9 Å². The molecule has 1 aromatic carbocycles. The van der Waals surface area contributed by atoms with Gasteiger partial charge in [-0.05, 0) is 36.5 Å². The van der Waals surface area contributed by atoms with Gasteiger partial charge in [0.05, 0.1) is 0 Å². The van der Waals surface area contributed by atoms with E-state index >= 15 is 0 Å². The number of nitrogens with zero attached hydrogens (tertiary/aromatic N) is 1. The van der Waals surface area contributed by atoms with E-state index < -0.39 is 5.97 Å². The maximum Gasteiger partial charge on any atom is 0.323 e. The number of carboxylic acids is 1. The predicted molar refractivity (Wildman–Crippen MR) is 85.4 cm³/mol. The largest absolute Gasteiger partial charge is 0.480 e. The van der Waals surface area contributed by atoms with Crippen LogP contribution in [-0.4, -0.2) is 41.6 Å². The van der Waals surface area contributed by atoms with Crippen LogP contribution < -0.4 is 0 Å². The van der Waals surface area contributed by atoms with Crippen LogP contribution in [-0.2, 0) is 20.9 Å². The van der Waals surface area contributed by atoms with Gasteiger partial charge >= 0.3 is 5.97 Å². The highest BCUT2D eigenvalue weighted by Crippen LogP contribution is 2.19. The van der Waals surface area contributed by atoms with Gasteiger partial charge in [0.1, 0.15) is 6.54 Å². The zero-order chi connectivity index (χ0) is 15.9. The van der Waals surface area contributed by atoms with Crippen molar-refractivity contribution in [2.24, 2.45) is 5.92 Å². The highest BCUT2D eigenvalue weighted by molar-refractivity contribution is 9.10. The molecule has 0 bridgehead atoms. The topological polar surface area (TPSA) is 66.8 Å². The number of rotatable bonds is 7. The highest BCUT2D eigenvalue weighted by Gasteiger charge is 2.21. The lowest BCUT2D eigenvalue weighted by atomic mass is 10.0. The zero-order valence-electron chi connectivity index (χ0n) is 12.3. The highest BCUT2D eigenvalue weighted by atomic mass is 79.9. The van der Waals surface area contributed by atoms with Gasteiger partial charge in [-0.25, -0.2) is 0 Å². The Hall–Kier alpha value is -1.40. The molecule has 1 unspecified atom stereocenters. The molecule has 1 aliphatic rings. The summed E-state index contributed by atoms with van der Waals surface area (Å²) in [6.07, 6.45) is 2.11. The Balaban J connectivity index is 1.94. The average molecular weight is 370 g/mol. The van der Waals surface area contributed by atoms with Gasteiger partial charge in [0.25, 0.3) is 0 Å². The number of carbonyl (C=O) groups excluding carboxylic acids is 1. The van der Waals surface area contributed by atoms with Crippen molar-refractivity contribution in [2.75, 3.05) is 19.8 Å². The van der Waals surface area contributed by atoms with Crippen molar-refractivity contribution in [3.05, 3.63) is 34.3 Å². The number of ether oxygens (including phenoxy) is 1. The Bertz CT molecular complexity index is 529. The summed E-state index contributed by atoms with van der Waals surface area (Å²) in [5.41, 5.74) is 0.910. The van der Waals surface area contributed by atoms with Crippen LogP contribution in [0.4, 0.5) is 0 Å². The molecule has 1 aliphatic heterocycles. The van der Waals surface area contributed by atoms with Crippen LogP contribution in [0, 0.1) is 5.92 Å². The van der Waals surface area contributed by atoms with Gasteiger partial charge in [-0.15, -0.1) is 0 Å². The first-order valence-electron chi connectivity index (χ1n) is 7.36. The van der Waals surface area contributed by atoms with E-state index in [2.05, 4.69) is 15.9 Å². The van der Waals surface area contributed by atoms with Crippen molar-refractivity contribution in [1.82, 2.24) is 4.90 Å². The van der Waals surface area contributed by atoms with Gasteiger partial charge < -0.3 is 14.7 Å². The Morgan fingerprint density at radius 1 is 1.41 bits per heavy atom. The molecule has 0 spiro atoms. The first kappa shape index (κ1) is 17.0. The second-order valence-electron chi connectivity index (χ2n) is 5.54. The zero-order valence-corrected chi connectivity index (χ0v) is 13.9. The average Bonchev–Trinajstić information content (AvgIpc) is 2.97. The number of amides is 1. The minimum Gasteiger partial charge on any atom is -0.480 e. The molecule has 1 aromatic rings. The molecule has 0 aliphatic carbocycles. The smallest absolute Gasteiger partial charge is 0.323 e. The summed E-state index contributed by atoms with van der Waals surface area (Å²) in [5, 5.41) is 9.02. The van der Waals surface area contributed by atoms with E-state index in [1.807, 2.05) is 24.3 Å². The van der Waals surface area contributed by atoms with E-state index in [1.54, 1.807) is 0 Å². The van der Waals surface area contributed by atoms with Crippen LogP contribution in [0.2, 0.25) is 0 Å². The maximum atomic E-state index is 12.3. The minimum atomic E-state index is -0.993.